The van der Waals surface area contributed by atoms with E-state index in [2.05, 4.69) is 24.9 Å². The van der Waals surface area contributed by atoms with Crippen molar-refractivity contribution in [1.29, 1.82) is 0 Å². The standard InChI is InChI=1S/C13H23N/c1-11(13-4-3-5-13)10-14(2)9-8-12-6-7-12/h6,11,13H,3-5,7-10H2,1-2H3. The fourth-order valence-corrected chi connectivity index (χ4v) is 2.35. The summed E-state index contributed by atoms with van der Waals surface area (Å²) >= 11 is 0. The second-order valence-corrected chi connectivity index (χ2v) is 5.25. The molecule has 1 atom stereocenters. The van der Waals surface area contributed by atoms with Crippen LogP contribution in [0.1, 0.15) is 39.0 Å². The Morgan fingerprint density at radius 3 is 2.71 bits per heavy atom. The van der Waals surface area contributed by atoms with E-state index in [1.54, 1.807) is 5.57 Å². The molecule has 0 aromatic carbocycles. The summed E-state index contributed by atoms with van der Waals surface area (Å²) in [6.07, 6.45) is 9.41. The van der Waals surface area contributed by atoms with Gasteiger partial charge in [0.05, 0.1) is 0 Å². The molecule has 0 amide bonds. The lowest BCUT2D eigenvalue weighted by Gasteiger charge is -2.33. The molecule has 2 aliphatic carbocycles. The fraction of sp³-hybridized carbons (Fsp3) is 0.846. The van der Waals surface area contributed by atoms with Crippen molar-refractivity contribution in [3.8, 4) is 0 Å². The molecule has 0 aliphatic heterocycles. The monoisotopic (exact) mass is 193 g/mol. The maximum Gasteiger partial charge on any atom is 0.00158 e. The predicted octanol–water partition coefficient (Wildman–Crippen LogP) is 3.07. The SMILES string of the molecule is CC(CN(C)CCC1=CC1)C1CCC1. The van der Waals surface area contributed by atoms with Crippen LogP contribution >= 0.6 is 0 Å². The zero-order valence-corrected chi connectivity index (χ0v) is 9.63. The number of rotatable bonds is 6. The van der Waals surface area contributed by atoms with Crippen LogP contribution in [-0.4, -0.2) is 25.0 Å². The first-order chi connectivity index (χ1) is 6.75. The van der Waals surface area contributed by atoms with Crippen molar-refractivity contribution in [3.63, 3.8) is 0 Å². The molecule has 0 bridgehead atoms. The molecule has 0 heterocycles. The summed E-state index contributed by atoms with van der Waals surface area (Å²) in [5.74, 6) is 1.96. The van der Waals surface area contributed by atoms with Crippen molar-refractivity contribution in [3.05, 3.63) is 11.6 Å². The average Bonchev–Trinajstić information content (AvgIpc) is 2.79. The summed E-state index contributed by atoms with van der Waals surface area (Å²) in [5, 5.41) is 0. The van der Waals surface area contributed by atoms with Crippen LogP contribution in [0.4, 0.5) is 0 Å². The van der Waals surface area contributed by atoms with Gasteiger partial charge in [0.1, 0.15) is 0 Å². The molecule has 1 fully saturated rings. The third-order valence-electron chi connectivity index (χ3n) is 3.86. The molecule has 2 aliphatic rings. The van der Waals surface area contributed by atoms with E-state index in [1.807, 2.05) is 0 Å². The summed E-state index contributed by atoms with van der Waals surface area (Å²) < 4.78 is 0. The van der Waals surface area contributed by atoms with Crippen LogP contribution in [-0.2, 0) is 0 Å². The molecule has 1 heteroatoms. The van der Waals surface area contributed by atoms with E-state index in [0.29, 0.717) is 0 Å². The average molecular weight is 193 g/mol. The highest BCUT2D eigenvalue weighted by molar-refractivity contribution is 5.21. The predicted molar refractivity (Wildman–Crippen MR) is 61.3 cm³/mol. The summed E-state index contributed by atoms with van der Waals surface area (Å²) in [4.78, 5) is 2.52. The topological polar surface area (TPSA) is 3.24 Å². The van der Waals surface area contributed by atoms with E-state index in [9.17, 15) is 0 Å². The smallest absolute Gasteiger partial charge is 0.00158 e. The number of hydrogen-bond donors (Lipinski definition) is 0. The van der Waals surface area contributed by atoms with Crippen LogP contribution in [0.3, 0.4) is 0 Å². The Kier molecular flexibility index (Phi) is 3.27. The molecule has 14 heavy (non-hydrogen) atoms. The van der Waals surface area contributed by atoms with E-state index < -0.39 is 0 Å². The molecule has 0 radical (unpaired) electrons. The summed E-state index contributed by atoms with van der Waals surface area (Å²) in [7, 11) is 2.28. The Hall–Kier alpha value is -0.300. The summed E-state index contributed by atoms with van der Waals surface area (Å²) in [5.41, 5.74) is 1.67. The van der Waals surface area contributed by atoms with Crippen molar-refractivity contribution in [2.45, 2.75) is 39.0 Å². The molecule has 1 nitrogen and oxygen atoms in total. The van der Waals surface area contributed by atoms with Gasteiger partial charge in [0.25, 0.3) is 0 Å². The molecule has 0 aromatic heterocycles. The highest BCUT2D eigenvalue weighted by Gasteiger charge is 2.24. The quantitative estimate of drug-likeness (QED) is 0.586. The van der Waals surface area contributed by atoms with Crippen molar-refractivity contribution < 1.29 is 0 Å². The van der Waals surface area contributed by atoms with E-state index in [1.165, 1.54) is 45.2 Å². The van der Waals surface area contributed by atoms with Gasteiger partial charge in [0.15, 0.2) is 0 Å². The van der Waals surface area contributed by atoms with Gasteiger partial charge < -0.3 is 4.90 Å². The molecule has 0 N–H and O–H groups in total. The highest BCUT2D eigenvalue weighted by Crippen LogP contribution is 2.33. The second-order valence-electron chi connectivity index (χ2n) is 5.25. The molecule has 0 spiro atoms. The van der Waals surface area contributed by atoms with Gasteiger partial charge in [-0.15, -0.1) is 0 Å². The molecule has 1 saturated carbocycles. The van der Waals surface area contributed by atoms with Crippen LogP contribution in [0, 0.1) is 11.8 Å². The van der Waals surface area contributed by atoms with Crippen LogP contribution in [0.5, 0.6) is 0 Å². The third kappa shape index (κ3) is 2.84. The highest BCUT2D eigenvalue weighted by atomic mass is 15.1. The third-order valence-corrected chi connectivity index (χ3v) is 3.86. The van der Waals surface area contributed by atoms with Crippen LogP contribution in [0.15, 0.2) is 11.6 Å². The van der Waals surface area contributed by atoms with Gasteiger partial charge in [-0.1, -0.05) is 37.8 Å². The van der Waals surface area contributed by atoms with Crippen LogP contribution in [0.25, 0.3) is 0 Å². The first kappa shape index (κ1) is 10.2. The molecular formula is C13H23N. The first-order valence-corrected chi connectivity index (χ1v) is 6.12. The van der Waals surface area contributed by atoms with Gasteiger partial charge >= 0.3 is 0 Å². The number of hydrogen-bond acceptors (Lipinski definition) is 1. The Labute approximate surface area is 88.2 Å². The normalized spacial score (nSPS) is 23.2. The van der Waals surface area contributed by atoms with Crippen molar-refractivity contribution in [1.82, 2.24) is 4.90 Å². The van der Waals surface area contributed by atoms with Gasteiger partial charge in [-0.25, -0.2) is 0 Å². The Balaban J connectivity index is 1.59. The zero-order chi connectivity index (χ0) is 9.97. The summed E-state index contributed by atoms with van der Waals surface area (Å²) in [6.45, 7) is 5.00. The lowest BCUT2D eigenvalue weighted by Crippen LogP contribution is -2.31. The molecule has 0 aromatic rings. The Morgan fingerprint density at radius 1 is 1.50 bits per heavy atom. The molecule has 80 valence electrons. The lowest BCUT2D eigenvalue weighted by molar-refractivity contribution is 0.168. The number of allylic oxidation sites excluding steroid dienone is 1. The van der Waals surface area contributed by atoms with Crippen molar-refractivity contribution in [2.24, 2.45) is 11.8 Å². The largest absolute Gasteiger partial charge is 0.306 e. The van der Waals surface area contributed by atoms with Crippen LogP contribution in [0.2, 0.25) is 0 Å². The minimum Gasteiger partial charge on any atom is -0.306 e. The van der Waals surface area contributed by atoms with Gasteiger partial charge in [-0.3, -0.25) is 0 Å². The summed E-state index contributed by atoms with van der Waals surface area (Å²) in [6, 6.07) is 0. The first-order valence-electron chi connectivity index (χ1n) is 6.12. The minimum atomic E-state index is 0.918. The lowest BCUT2D eigenvalue weighted by atomic mass is 9.76. The van der Waals surface area contributed by atoms with Gasteiger partial charge in [0.2, 0.25) is 0 Å². The minimum absolute atomic E-state index is 0.918. The molecule has 0 saturated heterocycles. The number of nitrogens with zero attached hydrogens (tertiary/aromatic N) is 1. The van der Waals surface area contributed by atoms with Crippen molar-refractivity contribution in [2.75, 3.05) is 20.1 Å². The zero-order valence-electron chi connectivity index (χ0n) is 9.63. The molecule has 2 rings (SSSR count). The van der Waals surface area contributed by atoms with E-state index in [4.69, 9.17) is 0 Å². The van der Waals surface area contributed by atoms with Crippen LogP contribution < -0.4 is 0 Å². The molecule has 1 unspecified atom stereocenters. The Morgan fingerprint density at radius 2 is 2.21 bits per heavy atom. The second kappa shape index (κ2) is 4.48. The van der Waals surface area contributed by atoms with Crippen molar-refractivity contribution >= 4 is 0 Å². The Bertz CT molecular complexity index is 215. The van der Waals surface area contributed by atoms with Gasteiger partial charge in [-0.2, -0.15) is 0 Å². The maximum atomic E-state index is 2.52. The molecular weight excluding hydrogens is 170 g/mol. The maximum absolute atomic E-state index is 2.52. The fourth-order valence-electron chi connectivity index (χ4n) is 2.35. The van der Waals surface area contributed by atoms with Gasteiger partial charge in [-0.05, 0) is 31.7 Å². The van der Waals surface area contributed by atoms with E-state index in [-0.39, 0.29) is 0 Å². The van der Waals surface area contributed by atoms with E-state index in [0.717, 1.165) is 11.8 Å². The van der Waals surface area contributed by atoms with Gasteiger partial charge in [0, 0.05) is 13.1 Å². The van der Waals surface area contributed by atoms with E-state index >= 15 is 0 Å².